The van der Waals surface area contributed by atoms with Crippen LogP contribution in [-0.2, 0) is 14.6 Å². The van der Waals surface area contributed by atoms with E-state index in [2.05, 4.69) is 5.73 Å². The SMILES string of the molecule is NC(=O)NC(=O)CS(=O)(=O)c1cc(C(=O)O)c(Cl)cc1Cl. The molecule has 0 radical (unpaired) electrons. The summed E-state index contributed by atoms with van der Waals surface area (Å²) < 4.78 is 24.0. The van der Waals surface area contributed by atoms with Gasteiger partial charge in [0.05, 0.1) is 20.5 Å². The van der Waals surface area contributed by atoms with Crippen molar-refractivity contribution in [3.05, 3.63) is 27.7 Å². The van der Waals surface area contributed by atoms with Crippen molar-refractivity contribution in [1.82, 2.24) is 5.32 Å². The molecule has 4 N–H and O–H groups in total. The summed E-state index contributed by atoms with van der Waals surface area (Å²) in [5, 5.41) is 9.85. The highest BCUT2D eigenvalue weighted by atomic mass is 35.5. The maximum Gasteiger partial charge on any atom is 0.337 e. The first-order valence-electron chi connectivity index (χ1n) is 5.09. The van der Waals surface area contributed by atoms with Gasteiger partial charge in [-0.1, -0.05) is 23.2 Å². The molecule has 1 aromatic carbocycles. The number of hydrogen-bond donors (Lipinski definition) is 3. The summed E-state index contributed by atoms with van der Waals surface area (Å²) >= 11 is 11.3. The number of imide groups is 1. The number of carbonyl (C=O) groups is 3. The molecule has 0 saturated carbocycles. The fourth-order valence-electron chi connectivity index (χ4n) is 1.36. The van der Waals surface area contributed by atoms with Gasteiger partial charge in [0.2, 0.25) is 5.91 Å². The number of amides is 3. The standard InChI is InChI=1S/C10H8Cl2N2O6S/c11-5-2-6(12)7(1-4(5)9(16)17)21(19,20)3-8(15)14-10(13)18/h1-2H,3H2,(H,16,17)(H3,13,14,15,18). The van der Waals surface area contributed by atoms with Crippen molar-refractivity contribution >= 4 is 50.9 Å². The molecule has 0 aromatic heterocycles. The Bertz CT molecular complexity index is 731. The van der Waals surface area contributed by atoms with Crippen LogP contribution in [0.4, 0.5) is 4.79 Å². The Kier molecular flexibility index (Phi) is 5.15. The summed E-state index contributed by atoms with van der Waals surface area (Å²) in [5.74, 6) is -3.77. The van der Waals surface area contributed by atoms with Crippen LogP contribution in [0.3, 0.4) is 0 Å². The van der Waals surface area contributed by atoms with E-state index in [1.54, 1.807) is 5.32 Å². The zero-order valence-corrected chi connectivity index (χ0v) is 12.4. The second-order valence-electron chi connectivity index (χ2n) is 3.74. The third-order valence-electron chi connectivity index (χ3n) is 2.17. The van der Waals surface area contributed by atoms with Gasteiger partial charge in [0, 0.05) is 0 Å². The third-order valence-corrected chi connectivity index (χ3v) is 4.56. The predicted octanol–water partition coefficient (Wildman–Crippen LogP) is 0.660. The van der Waals surface area contributed by atoms with Gasteiger partial charge >= 0.3 is 12.0 Å². The molecule has 0 aliphatic rings. The number of halogens is 2. The van der Waals surface area contributed by atoms with Crippen LogP contribution in [0.2, 0.25) is 10.0 Å². The minimum Gasteiger partial charge on any atom is -0.478 e. The van der Waals surface area contributed by atoms with Crippen LogP contribution in [-0.4, -0.2) is 37.2 Å². The fraction of sp³-hybridized carbons (Fsp3) is 0.100. The van der Waals surface area contributed by atoms with E-state index in [0.29, 0.717) is 0 Å². The minimum atomic E-state index is -4.28. The molecule has 0 fully saturated rings. The number of urea groups is 1. The molecule has 0 heterocycles. The van der Waals surface area contributed by atoms with Gasteiger partial charge in [-0.05, 0) is 12.1 Å². The number of primary amides is 1. The van der Waals surface area contributed by atoms with Crippen LogP contribution in [0.1, 0.15) is 10.4 Å². The van der Waals surface area contributed by atoms with Crippen molar-refractivity contribution in [2.24, 2.45) is 5.73 Å². The number of nitrogens with two attached hydrogens (primary N) is 1. The topological polar surface area (TPSA) is 144 Å². The summed E-state index contributed by atoms with van der Waals surface area (Å²) in [6, 6.07) is 0.453. The van der Waals surface area contributed by atoms with Gasteiger partial charge in [0.15, 0.2) is 9.84 Å². The first-order valence-corrected chi connectivity index (χ1v) is 7.50. The van der Waals surface area contributed by atoms with Crippen LogP contribution in [0.5, 0.6) is 0 Å². The number of carbonyl (C=O) groups excluding carboxylic acids is 2. The average Bonchev–Trinajstić information content (AvgIpc) is 2.25. The molecule has 0 bridgehead atoms. The van der Waals surface area contributed by atoms with Crippen molar-refractivity contribution in [1.29, 1.82) is 0 Å². The van der Waals surface area contributed by atoms with Crippen molar-refractivity contribution in [3.8, 4) is 0 Å². The molecule has 3 amide bonds. The number of hydrogen-bond acceptors (Lipinski definition) is 5. The molecule has 0 spiro atoms. The molecular weight excluding hydrogens is 347 g/mol. The average molecular weight is 355 g/mol. The predicted molar refractivity (Wildman–Crippen MR) is 73.2 cm³/mol. The molecule has 0 unspecified atom stereocenters. The summed E-state index contributed by atoms with van der Waals surface area (Å²) in [4.78, 5) is 32.0. The molecule has 8 nitrogen and oxygen atoms in total. The molecule has 0 aliphatic carbocycles. The van der Waals surface area contributed by atoms with Crippen molar-refractivity contribution in [2.45, 2.75) is 4.90 Å². The van der Waals surface area contributed by atoms with E-state index >= 15 is 0 Å². The van der Waals surface area contributed by atoms with E-state index in [0.717, 1.165) is 12.1 Å². The quantitative estimate of drug-likeness (QED) is 0.724. The number of sulfone groups is 1. The van der Waals surface area contributed by atoms with Crippen LogP contribution in [0.25, 0.3) is 0 Å². The highest BCUT2D eigenvalue weighted by Gasteiger charge is 2.25. The lowest BCUT2D eigenvalue weighted by molar-refractivity contribution is -0.117. The van der Waals surface area contributed by atoms with Gasteiger partial charge in [-0.2, -0.15) is 0 Å². The second-order valence-corrected chi connectivity index (χ2v) is 6.51. The molecule has 0 aliphatic heterocycles. The van der Waals surface area contributed by atoms with Crippen LogP contribution in [0.15, 0.2) is 17.0 Å². The van der Waals surface area contributed by atoms with Gasteiger partial charge in [0.1, 0.15) is 5.75 Å². The number of benzene rings is 1. The number of carboxylic acid groups (broad SMARTS) is 1. The molecule has 0 saturated heterocycles. The Morgan fingerprint density at radius 1 is 1.19 bits per heavy atom. The summed E-state index contributed by atoms with van der Waals surface area (Å²) in [7, 11) is -4.28. The minimum absolute atomic E-state index is 0.256. The lowest BCUT2D eigenvalue weighted by Crippen LogP contribution is -2.38. The second kappa shape index (κ2) is 6.29. The van der Waals surface area contributed by atoms with Crippen LogP contribution in [0, 0.1) is 0 Å². The molecule has 114 valence electrons. The van der Waals surface area contributed by atoms with Gasteiger partial charge in [-0.15, -0.1) is 0 Å². The molecular formula is C10H8Cl2N2O6S. The first-order chi connectivity index (χ1) is 9.54. The maximum absolute atomic E-state index is 12.0. The molecule has 1 rings (SSSR count). The van der Waals surface area contributed by atoms with Gasteiger partial charge in [-0.3, -0.25) is 10.1 Å². The van der Waals surface area contributed by atoms with Crippen molar-refractivity contribution in [2.75, 3.05) is 5.75 Å². The Hall–Kier alpha value is -1.84. The van der Waals surface area contributed by atoms with Gasteiger partial charge in [0.25, 0.3) is 0 Å². The number of rotatable bonds is 4. The van der Waals surface area contributed by atoms with E-state index in [1.165, 1.54) is 0 Å². The largest absolute Gasteiger partial charge is 0.478 e. The number of aromatic carboxylic acids is 1. The van der Waals surface area contributed by atoms with Crippen molar-refractivity contribution < 1.29 is 27.9 Å². The maximum atomic E-state index is 12.0. The molecule has 11 heteroatoms. The summed E-state index contributed by atoms with van der Waals surface area (Å²) in [6.45, 7) is 0. The smallest absolute Gasteiger partial charge is 0.337 e. The monoisotopic (exact) mass is 354 g/mol. The van der Waals surface area contributed by atoms with E-state index in [-0.39, 0.29) is 10.0 Å². The van der Waals surface area contributed by atoms with Crippen LogP contribution >= 0.6 is 23.2 Å². The number of nitrogens with one attached hydrogen (secondary N) is 1. The number of carboxylic acids is 1. The van der Waals surface area contributed by atoms with Crippen molar-refractivity contribution in [3.63, 3.8) is 0 Å². The van der Waals surface area contributed by atoms with E-state index in [9.17, 15) is 22.8 Å². The van der Waals surface area contributed by atoms with Gasteiger partial charge in [-0.25, -0.2) is 18.0 Å². The summed E-state index contributed by atoms with van der Waals surface area (Å²) in [6.07, 6.45) is 0. The fourth-order valence-corrected chi connectivity index (χ4v) is 3.40. The third kappa shape index (κ3) is 4.31. The van der Waals surface area contributed by atoms with Crippen LogP contribution < -0.4 is 11.1 Å². The zero-order chi connectivity index (χ0) is 16.4. The Morgan fingerprint density at radius 3 is 2.24 bits per heavy atom. The van der Waals surface area contributed by atoms with E-state index in [1.807, 2.05) is 0 Å². The Morgan fingerprint density at radius 2 is 1.76 bits per heavy atom. The van der Waals surface area contributed by atoms with E-state index < -0.39 is 44.0 Å². The Balaban J connectivity index is 3.25. The molecule has 21 heavy (non-hydrogen) atoms. The first kappa shape index (κ1) is 17.2. The van der Waals surface area contributed by atoms with E-state index in [4.69, 9.17) is 28.3 Å². The normalized spacial score (nSPS) is 11.0. The molecule has 0 atom stereocenters. The Labute approximate surface area is 128 Å². The van der Waals surface area contributed by atoms with Gasteiger partial charge < -0.3 is 10.8 Å². The lowest BCUT2D eigenvalue weighted by Gasteiger charge is -2.08. The lowest BCUT2D eigenvalue weighted by atomic mass is 10.2. The summed E-state index contributed by atoms with van der Waals surface area (Å²) in [5.41, 5.74) is 4.19. The highest BCUT2D eigenvalue weighted by Crippen LogP contribution is 2.29. The highest BCUT2D eigenvalue weighted by molar-refractivity contribution is 7.92. The zero-order valence-electron chi connectivity index (χ0n) is 10.1. The molecule has 1 aromatic rings.